The van der Waals surface area contributed by atoms with Gasteiger partial charge in [-0.2, -0.15) is 5.26 Å². The number of hydrogen-bond donors (Lipinski definition) is 1. The molecule has 2 saturated carbocycles. The Kier molecular flexibility index (Phi) is 4.57. The molecule has 2 aliphatic carbocycles. The van der Waals surface area contributed by atoms with Crippen LogP contribution in [0.5, 0.6) is 0 Å². The van der Waals surface area contributed by atoms with Gasteiger partial charge >= 0.3 is 0 Å². The number of anilines is 1. The minimum atomic E-state index is -0.865. The fourth-order valence-electron chi connectivity index (χ4n) is 3.39. The lowest BCUT2D eigenvalue weighted by atomic mass is 9.87. The van der Waals surface area contributed by atoms with Crippen LogP contribution in [0.25, 0.3) is 0 Å². The number of nitriles is 1. The summed E-state index contributed by atoms with van der Waals surface area (Å²) in [5, 5.41) is 12.2. The summed E-state index contributed by atoms with van der Waals surface area (Å²) in [5.41, 5.74) is 0.882. The van der Waals surface area contributed by atoms with Crippen molar-refractivity contribution in [1.82, 2.24) is 4.90 Å². The van der Waals surface area contributed by atoms with E-state index < -0.39 is 5.41 Å². The molecule has 0 aromatic heterocycles. The summed E-state index contributed by atoms with van der Waals surface area (Å²) in [4.78, 5) is 26.0. The van der Waals surface area contributed by atoms with Crippen LogP contribution in [0.2, 0.25) is 0 Å². The number of hydrogen-bond acceptors (Lipinski definition) is 3. The number of amides is 2. The van der Waals surface area contributed by atoms with Crippen molar-refractivity contribution in [2.75, 3.05) is 5.32 Å². The molecule has 0 atom stereocenters. The average Bonchev–Trinajstić information content (AvgIpc) is 3.29. The Labute approximate surface area is 142 Å². The normalized spacial score (nSPS) is 18.7. The molecule has 1 N–H and O–H groups in total. The molecule has 1 aromatic rings. The topological polar surface area (TPSA) is 73.2 Å². The summed E-state index contributed by atoms with van der Waals surface area (Å²) in [5.74, 6) is -0.0920. The van der Waals surface area contributed by atoms with Crippen molar-refractivity contribution in [3.63, 3.8) is 0 Å². The van der Waals surface area contributed by atoms with Crippen molar-refractivity contribution >= 4 is 17.5 Å². The zero-order valence-corrected chi connectivity index (χ0v) is 14.0. The second-order valence-corrected chi connectivity index (χ2v) is 6.93. The molecule has 2 aliphatic rings. The molecule has 3 rings (SSSR count). The first-order valence-electron chi connectivity index (χ1n) is 8.63. The van der Waals surface area contributed by atoms with Gasteiger partial charge in [-0.1, -0.05) is 25.0 Å². The molecule has 2 amide bonds. The van der Waals surface area contributed by atoms with Gasteiger partial charge in [0.2, 0.25) is 11.8 Å². The third-order valence-electron chi connectivity index (χ3n) is 5.06. The van der Waals surface area contributed by atoms with E-state index in [2.05, 4.69) is 11.4 Å². The SMILES string of the molecule is CC(=O)N(Cc1ccc(NC(=O)C2(C#N)CCCC2)cc1)C1CC1. The van der Waals surface area contributed by atoms with Gasteiger partial charge in [0.1, 0.15) is 5.41 Å². The fraction of sp³-hybridized carbons (Fsp3) is 0.526. The number of rotatable bonds is 5. The number of benzene rings is 1. The second-order valence-electron chi connectivity index (χ2n) is 6.93. The summed E-state index contributed by atoms with van der Waals surface area (Å²) in [6.45, 7) is 2.21. The maximum absolute atomic E-state index is 12.4. The first-order chi connectivity index (χ1) is 11.5. The van der Waals surface area contributed by atoms with E-state index in [1.165, 1.54) is 0 Å². The zero-order chi connectivity index (χ0) is 17.2. The Morgan fingerprint density at radius 2 is 1.88 bits per heavy atom. The summed E-state index contributed by atoms with van der Waals surface area (Å²) < 4.78 is 0. The third-order valence-corrected chi connectivity index (χ3v) is 5.06. The molecule has 0 spiro atoms. The number of carbonyl (C=O) groups excluding carboxylic acids is 2. The molecule has 0 saturated heterocycles. The minimum absolute atomic E-state index is 0.104. The quantitative estimate of drug-likeness (QED) is 0.903. The first kappa shape index (κ1) is 16.5. The number of nitrogens with zero attached hydrogens (tertiary/aromatic N) is 2. The minimum Gasteiger partial charge on any atom is -0.336 e. The van der Waals surface area contributed by atoms with Crippen LogP contribution in [0, 0.1) is 16.7 Å². The van der Waals surface area contributed by atoms with E-state index in [0.29, 0.717) is 31.1 Å². The van der Waals surface area contributed by atoms with E-state index in [1.807, 2.05) is 29.2 Å². The van der Waals surface area contributed by atoms with Crippen LogP contribution >= 0.6 is 0 Å². The van der Waals surface area contributed by atoms with Gasteiger partial charge in [-0.25, -0.2) is 0 Å². The van der Waals surface area contributed by atoms with Crippen LogP contribution in [0.4, 0.5) is 5.69 Å². The fourth-order valence-corrected chi connectivity index (χ4v) is 3.39. The standard InChI is InChI=1S/C19H23N3O2/c1-14(23)22(17-8-9-17)12-15-4-6-16(7-5-15)21-18(24)19(13-20)10-2-3-11-19/h4-7,17H,2-3,8-12H2,1H3,(H,21,24). The summed E-state index contributed by atoms with van der Waals surface area (Å²) >= 11 is 0. The van der Waals surface area contributed by atoms with Gasteiger partial charge in [0.25, 0.3) is 0 Å². The molecule has 0 unspecified atom stereocenters. The van der Waals surface area contributed by atoms with Crippen molar-refractivity contribution < 1.29 is 9.59 Å². The van der Waals surface area contributed by atoms with Gasteiger partial charge in [-0.15, -0.1) is 0 Å². The highest BCUT2D eigenvalue weighted by Crippen LogP contribution is 2.38. The largest absolute Gasteiger partial charge is 0.336 e. The van der Waals surface area contributed by atoms with Crippen molar-refractivity contribution in [3.8, 4) is 6.07 Å². The van der Waals surface area contributed by atoms with Crippen LogP contribution in [0.15, 0.2) is 24.3 Å². The first-order valence-corrected chi connectivity index (χ1v) is 8.63. The van der Waals surface area contributed by atoms with Gasteiger partial charge < -0.3 is 10.2 Å². The zero-order valence-electron chi connectivity index (χ0n) is 14.0. The maximum atomic E-state index is 12.4. The highest BCUT2D eigenvalue weighted by atomic mass is 16.2. The Balaban J connectivity index is 1.63. The summed E-state index contributed by atoms with van der Waals surface area (Å²) in [6, 6.07) is 10.2. The Hall–Kier alpha value is -2.35. The maximum Gasteiger partial charge on any atom is 0.244 e. The smallest absolute Gasteiger partial charge is 0.244 e. The van der Waals surface area contributed by atoms with Crippen molar-refractivity contribution in [2.24, 2.45) is 5.41 Å². The lowest BCUT2D eigenvalue weighted by molar-refractivity contribution is -0.130. The Morgan fingerprint density at radius 3 is 2.38 bits per heavy atom. The van der Waals surface area contributed by atoms with E-state index in [9.17, 15) is 14.9 Å². The Bertz CT molecular complexity index is 665. The lowest BCUT2D eigenvalue weighted by Gasteiger charge is -2.21. The molecule has 0 aliphatic heterocycles. The summed E-state index contributed by atoms with van der Waals surface area (Å²) in [7, 11) is 0. The number of carbonyl (C=O) groups is 2. The van der Waals surface area contributed by atoms with E-state index in [0.717, 1.165) is 31.2 Å². The molecule has 24 heavy (non-hydrogen) atoms. The molecule has 5 heteroatoms. The average molecular weight is 325 g/mol. The summed E-state index contributed by atoms with van der Waals surface area (Å²) in [6.07, 6.45) is 5.32. The molecule has 5 nitrogen and oxygen atoms in total. The van der Waals surface area contributed by atoms with Crippen LogP contribution in [0.1, 0.15) is 51.0 Å². The van der Waals surface area contributed by atoms with Gasteiger partial charge in [-0.3, -0.25) is 9.59 Å². The lowest BCUT2D eigenvalue weighted by Crippen LogP contribution is -2.32. The van der Waals surface area contributed by atoms with E-state index in [4.69, 9.17) is 0 Å². The second kappa shape index (κ2) is 6.64. The molecule has 2 fully saturated rings. The van der Waals surface area contributed by atoms with Crippen LogP contribution in [-0.2, 0) is 16.1 Å². The molecule has 0 heterocycles. The van der Waals surface area contributed by atoms with Gasteiger partial charge in [0.05, 0.1) is 6.07 Å². The molecular weight excluding hydrogens is 302 g/mol. The van der Waals surface area contributed by atoms with Crippen molar-refractivity contribution in [1.29, 1.82) is 5.26 Å². The van der Waals surface area contributed by atoms with Crippen LogP contribution in [0.3, 0.4) is 0 Å². The van der Waals surface area contributed by atoms with Gasteiger partial charge in [-0.05, 0) is 43.4 Å². The highest BCUT2D eigenvalue weighted by molar-refractivity contribution is 5.97. The Morgan fingerprint density at radius 1 is 1.25 bits per heavy atom. The predicted molar refractivity (Wildman–Crippen MR) is 90.8 cm³/mol. The van der Waals surface area contributed by atoms with Gasteiger partial charge in [0, 0.05) is 25.2 Å². The van der Waals surface area contributed by atoms with E-state index >= 15 is 0 Å². The van der Waals surface area contributed by atoms with Crippen molar-refractivity contribution in [3.05, 3.63) is 29.8 Å². The third kappa shape index (κ3) is 3.43. The highest BCUT2D eigenvalue weighted by Gasteiger charge is 2.41. The number of nitrogens with one attached hydrogen (secondary N) is 1. The van der Waals surface area contributed by atoms with E-state index in [-0.39, 0.29) is 11.8 Å². The molecule has 0 bridgehead atoms. The van der Waals surface area contributed by atoms with E-state index in [1.54, 1.807) is 6.92 Å². The molecule has 0 radical (unpaired) electrons. The van der Waals surface area contributed by atoms with Crippen molar-refractivity contribution in [2.45, 2.75) is 58.0 Å². The monoisotopic (exact) mass is 325 g/mol. The van der Waals surface area contributed by atoms with Crippen LogP contribution < -0.4 is 5.32 Å². The van der Waals surface area contributed by atoms with Gasteiger partial charge in [0.15, 0.2) is 0 Å². The molecule has 126 valence electrons. The van der Waals surface area contributed by atoms with Crippen LogP contribution in [-0.4, -0.2) is 22.8 Å². The molecular formula is C19H23N3O2. The molecule has 1 aromatic carbocycles. The predicted octanol–water partition coefficient (Wildman–Crippen LogP) is 3.22.